The van der Waals surface area contributed by atoms with E-state index in [9.17, 15) is 4.79 Å². The fourth-order valence-electron chi connectivity index (χ4n) is 3.14. The topological polar surface area (TPSA) is 68.0 Å². The predicted octanol–water partition coefficient (Wildman–Crippen LogP) is 5.04. The summed E-state index contributed by atoms with van der Waals surface area (Å²) in [7, 11) is 0. The molecule has 1 aliphatic rings. The van der Waals surface area contributed by atoms with Gasteiger partial charge in [0.2, 0.25) is 5.91 Å². The van der Waals surface area contributed by atoms with Crippen molar-refractivity contribution in [2.75, 3.05) is 5.32 Å². The Kier molecular flexibility index (Phi) is 5.31. The third-order valence-electron chi connectivity index (χ3n) is 4.63. The number of fused-ring (bicyclic) bond motifs is 1. The van der Waals surface area contributed by atoms with E-state index >= 15 is 0 Å². The number of benzene rings is 1. The molecule has 0 aliphatic heterocycles. The molecule has 2 heterocycles. The van der Waals surface area contributed by atoms with Gasteiger partial charge in [-0.25, -0.2) is 0 Å². The molecule has 2 aromatic heterocycles. The van der Waals surface area contributed by atoms with Gasteiger partial charge in [0.05, 0.1) is 10.1 Å². The molecule has 0 spiro atoms. The van der Waals surface area contributed by atoms with E-state index in [-0.39, 0.29) is 11.2 Å². The van der Waals surface area contributed by atoms with Crippen molar-refractivity contribution in [3.05, 3.63) is 46.8 Å². The summed E-state index contributed by atoms with van der Waals surface area (Å²) in [5.41, 5.74) is 2.19. The number of anilines is 1. The van der Waals surface area contributed by atoms with Crippen molar-refractivity contribution < 1.29 is 9.21 Å². The summed E-state index contributed by atoms with van der Waals surface area (Å²) in [5, 5.41) is 11.3. The van der Waals surface area contributed by atoms with Crippen molar-refractivity contribution in [2.45, 2.75) is 43.6 Å². The monoisotopic (exact) mass is 399 g/mol. The van der Waals surface area contributed by atoms with E-state index in [1.165, 1.54) is 28.6 Å². The lowest BCUT2D eigenvalue weighted by Gasteiger charge is -2.16. The van der Waals surface area contributed by atoms with Crippen LogP contribution in [0, 0.1) is 5.92 Å². The van der Waals surface area contributed by atoms with Gasteiger partial charge in [0.15, 0.2) is 0 Å². The maximum Gasteiger partial charge on any atom is 0.277 e. The van der Waals surface area contributed by atoms with Crippen molar-refractivity contribution in [3.63, 3.8) is 0 Å². The van der Waals surface area contributed by atoms with Gasteiger partial charge in [-0.1, -0.05) is 36.9 Å². The highest BCUT2D eigenvalue weighted by Gasteiger charge is 2.22. The van der Waals surface area contributed by atoms with Crippen LogP contribution in [0.4, 0.5) is 5.69 Å². The minimum absolute atomic E-state index is 0.0912. The third-order valence-corrected chi connectivity index (χ3v) is 6.79. The number of hydrogen-bond acceptors (Lipinski definition) is 6. The van der Waals surface area contributed by atoms with Crippen molar-refractivity contribution in [3.8, 4) is 10.8 Å². The van der Waals surface area contributed by atoms with Crippen LogP contribution in [0.5, 0.6) is 0 Å². The summed E-state index contributed by atoms with van der Waals surface area (Å²) in [5.74, 6) is 1.18. The molecule has 0 fully saturated rings. The molecule has 1 N–H and O–H groups in total. The lowest BCUT2D eigenvalue weighted by atomic mass is 9.90. The second kappa shape index (κ2) is 7.86. The average molecular weight is 400 g/mol. The zero-order valence-electron chi connectivity index (χ0n) is 15.3. The number of thiophene rings is 1. The van der Waals surface area contributed by atoms with E-state index in [2.05, 4.69) is 28.5 Å². The van der Waals surface area contributed by atoms with Gasteiger partial charge in [-0.2, -0.15) is 0 Å². The van der Waals surface area contributed by atoms with Crippen molar-refractivity contribution in [1.29, 1.82) is 0 Å². The molecule has 3 aromatic rings. The van der Waals surface area contributed by atoms with Crippen LogP contribution in [0.2, 0.25) is 0 Å². The number of carbonyl (C=O) groups excluding carboxylic acids is 1. The number of nitrogens with zero attached hydrogens (tertiary/aromatic N) is 2. The van der Waals surface area contributed by atoms with Crippen LogP contribution in [0.25, 0.3) is 10.8 Å². The van der Waals surface area contributed by atoms with Gasteiger partial charge in [-0.05, 0) is 55.9 Å². The number of carbonyl (C=O) groups is 1. The molecule has 0 saturated heterocycles. The number of aromatic nitrogens is 2. The molecule has 0 unspecified atom stereocenters. The molecule has 1 amide bonds. The highest BCUT2D eigenvalue weighted by molar-refractivity contribution is 8.00. The minimum atomic E-state index is -0.337. The fraction of sp³-hybridized carbons (Fsp3) is 0.350. The van der Waals surface area contributed by atoms with Crippen LogP contribution in [0.1, 0.15) is 30.7 Å². The number of aryl methyl sites for hydroxylation is 1. The Morgan fingerprint density at radius 3 is 2.96 bits per heavy atom. The third kappa shape index (κ3) is 4.25. The SMILES string of the molecule is C[C@@H]1CCc2sc(-c3nnc(S[C@@H](C)C(=O)Nc4ccccc4)o3)cc2C1. The quantitative estimate of drug-likeness (QED) is 0.609. The fourth-order valence-corrected chi connectivity index (χ4v) is 4.95. The molecule has 0 saturated carbocycles. The van der Waals surface area contributed by atoms with Crippen LogP contribution in [0.3, 0.4) is 0 Å². The van der Waals surface area contributed by atoms with Gasteiger partial charge in [0.25, 0.3) is 11.1 Å². The van der Waals surface area contributed by atoms with Crippen LogP contribution < -0.4 is 5.32 Å². The Morgan fingerprint density at radius 2 is 2.15 bits per heavy atom. The van der Waals surface area contributed by atoms with Crippen molar-refractivity contribution in [1.82, 2.24) is 10.2 Å². The summed E-state index contributed by atoms with van der Waals surface area (Å²) in [6.07, 6.45) is 3.50. The van der Waals surface area contributed by atoms with Gasteiger partial charge < -0.3 is 9.73 Å². The standard InChI is InChI=1S/C20H21N3O2S2/c1-12-8-9-16-14(10-12)11-17(27-16)19-22-23-20(25-19)26-13(2)18(24)21-15-6-4-3-5-7-15/h3-7,11-13H,8-10H2,1-2H3,(H,21,24)/t12-,13+/m1/s1. The number of rotatable bonds is 5. The lowest BCUT2D eigenvalue weighted by Crippen LogP contribution is -2.22. The van der Waals surface area contributed by atoms with E-state index in [0.717, 1.165) is 29.3 Å². The molecule has 27 heavy (non-hydrogen) atoms. The number of amides is 1. The van der Waals surface area contributed by atoms with E-state index in [1.54, 1.807) is 11.3 Å². The minimum Gasteiger partial charge on any atom is -0.410 e. The van der Waals surface area contributed by atoms with Gasteiger partial charge in [0, 0.05) is 10.6 Å². The van der Waals surface area contributed by atoms with E-state index in [4.69, 9.17) is 4.42 Å². The Hall–Kier alpha value is -2.12. The Labute approximate surface area is 166 Å². The second-order valence-electron chi connectivity index (χ2n) is 6.90. The Bertz CT molecular complexity index is 936. The normalized spacial score (nSPS) is 17.3. The molecule has 5 nitrogen and oxygen atoms in total. The first kappa shape index (κ1) is 18.3. The molecule has 140 valence electrons. The summed E-state index contributed by atoms with van der Waals surface area (Å²) in [4.78, 5) is 14.8. The molecular weight excluding hydrogens is 378 g/mol. The summed E-state index contributed by atoms with van der Waals surface area (Å²) in [6.45, 7) is 4.13. The highest BCUT2D eigenvalue weighted by Crippen LogP contribution is 2.37. The van der Waals surface area contributed by atoms with E-state index in [1.807, 2.05) is 37.3 Å². The lowest BCUT2D eigenvalue weighted by molar-refractivity contribution is -0.115. The van der Waals surface area contributed by atoms with Crippen LogP contribution in [-0.2, 0) is 17.6 Å². The van der Waals surface area contributed by atoms with Gasteiger partial charge in [-0.15, -0.1) is 21.5 Å². The first-order chi connectivity index (χ1) is 13.1. The molecule has 1 aromatic carbocycles. The van der Waals surface area contributed by atoms with Gasteiger partial charge in [-0.3, -0.25) is 4.79 Å². The van der Waals surface area contributed by atoms with E-state index in [0.29, 0.717) is 11.1 Å². The highest BCUT2D eigenvalue weighted by atomic mass is 32.2. The van der Waals surface area contributed by atoms with Crippen LogP contribution in [-0.4, -0.2) is 21.4 Å². The molecule has 0 bridgehead atoms. The van der Waals surface area contributed by atoms with E-state index < -0.39 is 0 Å². The first-order valence-electron chi connectivity index (χ1n) is 9.06. The second-order valence-corrected chi connectivity index (χ2v) is 9.32. The average Bonchev–Trinajstić information content (AvgIpc) is 3.28. The predicted molar refractivity (Wildman–Crippen MR) is 109 cm³/mol. The van der Waals surface area contributed by atoms with Crippen molar-refractivity contribution >= 4 is 34.7 Å². The summed E-state index contributed by atoms with van der Waals surface area (Å²) >= 11 is 3.02. The number of para-hydroxylation sites is 1. The number of nitrogens with one attached hydrogen (secondary N) is 1. The van der Waals surface area contributed by atoms with Gasteiger partial charge >= 0.3 is 0 Å². The van der Waals surface area contributed by atoms with Crippen molar-refractivity contribution in [2.24, 2.45) is 5.92 Å². The zero-order valence-corrected chi connectivity index (χ0v) is 16.9. The molecular formula is C20H21N3O2S2. The number of hydrogen-bond donors (Lipinski definition) is 1. The zero-order chi connectivity index (χ0) is 18.8. The van der Waals surface area contributed by atoms with Crippen LogP contribution >= 0.6 is 23.1 Å². The molecule has 2 atom stereocenters. The molecule has 1 aliphatic carbocycles. The smallest absolute Gasteiger partial charge is 0.277 e. The Balaban J connectivity index is 1.41. The molecule has 4 rings (SSSR count). The molecule has 7 heteroatoms. The maximum atomic E-state index is 12.3. The first-order valence-corrected chi connectivity index (χ1v) is 10.8. The summed E-state index contributed by atoms with van der Waals surface area (Å²) < 4.78 is 5.82. The Morgan fingerprint density at radius 1 is 1.33 bits per heavy atom. The van der Waals surface area contributed by atoms with Gasteiger partial charge in [0.1, 0.15) is 0 Å². The maximum absolute atomic E-state index is 12.3. The number of thioether (sulfide) groups is 1. The largest absolute Gasteiger partial charge is 0.410 e. The van der Waals surface area contributed by atoms with Crippen LogP contribution in [0.15, 0.2) is 46.0 Å². The molecule has 0 radical (unpaired) electrons. The summed E-state index contributed by atoms with van der Waals surface area (Å²) in [6, 6.07) is 11.6.